The van der Waals surface area contributed by atoms with Gasteiger partial charge in [-0.2, -0.15) is 4.98 Å². The van der Waals surface area contributed by atoms with Gasteiger partial charge >= 0.3 is 5.97 Å². The predicted octanol–water partition coefficient (Wildman–Crippen LogP) is 2.51. The molecule has 1 heterocycles. The molecule has 10 heteroatoms. The number of nitro groups is 1. The number of nitro benzene ring substituents is 1. The van der Waals surface area contributed by atoms with Gasteiger partial charge < -0.3 is 14.6 Å². The summed E-state index contributed by atoms with van der Waals surface area (Å²) in [5.74, 6) is -0.886. The van der Waals surface area contributed by atoms with Gasteiger partial charge in [0.1, 0.15) is 6.04 Å². The SMILES string of the molecule is C[C@H](NC(=O)c1cccc([N+](=O)[O-])c1)C(=O)OCc1nc(-c2ccccc2)no1. The van der Waals surface area contributed by atoms with Crippen molar-refractivity contribution in [2.75, 3.05) is 0 Å². The zero-order valence-corrected chi connectivity index (χ0v) is 15.3. The molecule has 1 N–H and O–H groups in total. The number of ether oxygens (including phenoxy) is 1. The van der Waals surface area contributed by atoms with Gasteiger partial charge in [-0.1, -0.05) is 41.6 Å². The molecule has 0 aliphatic rings. The Morgan fingerprint density at radius 2 is 1.97 bits per heavy atom. The molecule has 10 nitrogen and oxygen atoms in total. The molecule has 1 amide bonds. The number of esters is 1. The third-order valence-electron chi connectivity index (χ3n) is 3.86. The molecule has 148 valence electrons. The molecule has 0 spiro atoms. The van der Waals surface area contributed by atoms with Gasteiger partial charge in [0.05, 0.1) is 4.92 Å². The van der Waals surface area contributed by atoms with Crippen molar-refractivity contribution in [1.82, 2.24) is 15.5 Å². The summed E-state index contributed by atoms with van der Waals surface area (Å²) in [6, 6.07) is 13.3. The molecule has 2 aromatic carbocycles. The van der Waals surface area contributed by atoms with E-state index in [1.165, 1.54) is 25.1 Å². The number of rotatable bonds is 7. The van der Waals surface area contributed by atoms with E-state index in [-0.39, 0.29) is 23.7 Å². The molecular formula is C19H16N4O6. The summed E-state index contributed by atoms with van der Waals surface area (Å²) in [7, 11) is 0. The van der Waals surface area contributed by atoms with Crippen LogP contribution >= 0.6 is 0 Å². The average Bonchev–Trinajstić information content (AvgIpc) is 3.21. The Morgan fingerprint density at radius 1 is 1.21 bits per heavy atom. The molecule has 0 radical (unpaired) electrons. The fourth-order valence-electron chi connectivity index (χ4n) is 2.38. The number of carbonyl (C=O) groups is 2. The molecule has 3 aromatic rings. The second-order valence-electron chi connectivity index (χ2n) is 5.99. The summed E-state index contributed by atoms with van der Waals surface area (Å²) in [5.41, 5.74) is 0.591. The van der Waals surface area contributed by atoms with Crippen LogP contribution in [0.1, 0.15) is 23.2 Å². The average molecular weight is 396 g/mol. The van der Waals surface area contributed by atoms with Crippen molar-refractivity contribution >= 4 is 17.6 Å². The van der Waals surface area contributed by atoms with Crippen LogP contribution in [0.15, 0.2) is 59.1 Å². The minimum Gasteiger partial charge on any atom is -0.454 e. The highest BCUT2D eigenvalue weighted by molar-refractivity contribution is 5.97. The van der Waals surface area contributed by atoms with Crippen LogP contribution < -0.4 is 5.32 Å². The van der Waals surface area contributed by atoms with Crippen molar-refractivity contribution in [2.24, 2.45) is 0 Å². The van der Waals surface area contributed by atoms with E-state index in [0.717, 1.165) is 11.6 Å². The summed E-state index contributed by atoms with van der Waals surface area (Å²) >= 11 is 0. The quantitative estimate of drug-likeness (QED) is 0.365. The molecule has 0 aliphatic carbocycles. The zero-order valence-electron chi connectivity index (χ0n) is 15.3. The van der Waals surface area contributed by atoms with E-state index >= 15 is 0 Å². The molecule has 0 saturated carbocycles. The largest absolute Gasteiger partial charge is 0.454 e. The normalized spacial score (nSPS) is 11.5. The summed E-state index contributed by atoms with van der Waals surface area (Å²) < 4.78 is 10.1. The van der Waals surface area contributed by atoms with Crippen molar-refractivity contribution in [3.05, 3.63) is 76.2 Å². The first-order valence-electron chi connectivity index (χ1n) is 8.54. The van der Waals surface area contributed by atoms with Gasteiger partial charge in [0.25, 0.3) is 17.5 Å². The molecule has 29 heavy (non-hydrogen) atoms. The van der Waals surface area contributed by atoms with E-state index in [2.05, 4.69) is 15.5 Å². The van der Waals surface area contributed by atoms with Gasteiger partial charge in [-0.15, -0.1) is 0 Å². The summed E-state index contributed by atoms with van der Waals surface area (Å²) in [5, 5.41) is 17.0. The minimum atomic E-state index is -0.988. The van der Waals surface area contributed by atoms with Gasteiger partial charge in [0.2, 0.25) is 5.82 Å². The molecule has 1 aromatic heterocycles. The van der Waals surface area contributed by atoms with Crippen LogP contribution in [0.4, 0.5) is 5.69 Å². The fraction of sp³-hybridized carbons (Fsp3) is 0.158. The molecule has 1 atom stereocenters. The Balaban J connectivity index is 1.54. The Kier molecular flexibility index (Phi) is 5.93. The lowest BCUT2D eigenvalue weighted by Gasteiger charge is -2.12. The second kappa shape index (κ2) is 8.74. The predicted molar refractivity (Wildman–Crippen MR) is 99.6 cm³/mol. The van der Waals surface area contributed by atoms with Crippen molar-refractivity contribution in [1.29, 1.82) is 0 Å². The highest BCUT2D eigenvalue weighted by Gasteiger charge is 2.20. The Hall–Kier alpha value is -4.08. The van der Waals surface area contributed by atoms with Crippen LogP contribution in [0.25, 0.3) is 11.4 Å². The maximum atomic E-state index is 12.2. The van der Waals surface area contributed by atoms with E-state index in [1.807, 2.05) is 30.3 Å². The summed E-state index contributed by atoms with van der Waals surface area (Å²) in [4.78, 5) is 38.6. The summed E-state index contributed by atoms with van der Waals surface area (Å²) in [6.45, 7) is 1.18. The monoisotopic (exact) mass is 396 g/mol. The van der Waals surface area contributed by atoms with Crippen LogP contribution in [-0.2, 0) is 16.1 Å². The van der Waals surface area contributed by atoms with Crippen molar-refractivity contribution in [3.63, 3.8) is 0 Å². The highest BCUT2D eigenvalue weighted by Crippen LogP contribution is 2.15. The smallest absolute Gasteiger partial charge is 0.328 e. The van der Waals surface area contributed by atoms with E-state index in [4.69, 9.17) is 9.26 Å². The molecular weight excluding hydrogens is 380 g/mol. The molecule has 0 fully saturated rings. The lowest BCUT2D eigenvalue weighted by molar-refractivity contribution is -0.384. The third-order valence-corrected chi connectivity index (χ3v) is 3.86. The van der Waals surface area contributed by atoms with Gasteiger partial charge in [-0.3, -0.25) is 14.9 Å². The number of benzene rings is 2. The maximum absolute atomic E-state index is 12.2. The van der Waals surface area contributed by atoms with E-state index in [1.54, 1.807) is 0 Å². The molecule has 0 aliphatic heterocycles. The van der Waals surface area contributed by atoms with Gasteiger partial charge in [-0.05, 0) is 13.0 Å². The van der Waals surface area contributed by atoms with Crippen LogP contribution in [0, 0.1) is 10.1 Å². The first-order valence-corrected chi connectivity index (χ1v) is 8.54. The fourth-order valence-corrected chi connectivity index (χ4v) is 2.38. The van der Waals surface area contributed by atoms with E-state index < -0.39 is 22.8 Å². The Bertz CT molecular complexity index is 1030. The minimum absolute atomic E-state index is 0.0586. The molecule has 0 saturated heterocycles. The Morgan fingerprint density at radius 3 is 2.69 bits per heavy atom. The lowest BCUT2D eigenvalue weighted by Crippen LogP contribution is -2.39. The Labute approximate surface area is 164 Å². The molecule has 0 unspecified atom stereocenters. The van der Waals surface area contributed by atoms with Crippen LogP contribution in [-0.4, -0.2) is 33.0 Å². The van der Waals surface area contributed by atoms with E-state index in [0.29, 0.717) is 5.82 Å². The first kappa shape index (κ1) is 19.7. The first-order chi connectivity index (χ1) is 13.9. The van der Waals surface area contributed by atoms with Crippen LogP contribution in [0.3, 0.4) is 0 Å². The zero-order chi connectivity index (χ0) is 20.8. The number of aromatic nitrogens is 2. The molecule has 3 rings (SSSR count). The standard InChI is InChI=1S/C19H16N4O6/c1-12(20-18(24)14-8-5-9-15(10-14)23(26)27)19(25)28-11-16-21-17(22-29-16)13-6-3-2-4-7-13/h2-10,12H,11H2,1H3,(H,20,24)/t12-/m0/s1. The van der Waals surface area contributed by atoms with Gasteiger partial charge in [0, 0.05) is 23.3 Å². The van der Waals surface area contributed by atoms with Crippen molar-refractivity contribution in [2.45, 2.75) is 19.6 Å². The van der Waals surface area contributed by atoms with Crippen LogP contribution in [0.5, 0.6) is 0 Å². The number of amides is 1. The number of non-ortho nitro benzene ring substituents is 1. The second-order valence-corrected chi connectivity index (χ2v) is 5.99. The molecule has 0 bridgehead atoms. The number of nitrogens with one attached hydrogen (secondary N) is 1. The van der Waals surface area contributed by atoms with Gasteiger partial charge in [0.15, 0.2) is 6.61 Å². The van der Waals surface area contributed by atoms with Crippen molar-refractivity contribution < 1.29 is 23.8 Å². The summed E-state index contributed by atoms with van der Waals surface area (Å²) in [6.07, 6.45) is 0. The number of hydrogen-bond donors (Lipinski definition) is 1. The number of nitrogens with zero attached hydrogens (tertiary/aromatic N) is 3. The van der Waals surface area contributed by atoms with Crippen molar-refractivity contribution in [3.8, 4) is 11.4 Å². The topological polar surface area (TPSA) is 137 Å². The van der Waals surface area contributed by atoms with Gasteiger partial charge in [-0.25, -0.2) is 4.79 Å². The third kappa shape index (κ3) is 5.01. The number of hydrogen-bond acceptors (Lipinski definition) is 8. The van der Waals surface area contributed by atoms with Crippen LogP contribution in [0.2, 0.25) is 0 Å². The maximum Gasteiger partial charge on any atom is 0.328 e. The number of carbonyl (C=O) groups excluding carboxylic acids is 2. The van der Waals surface area contributed by atoms with E-state index in [9.17, 15) is 19.7 Å². The lowest BCUT2D eigenvalue weighted by atomic mass is 10.2. The highest BCUT2D eigenvalue weighted by atomic mass is 16.6.